The molecule has 3 nitrogen and oxygen atoms in total. The van der Waals surface area contributed by atoms with Gasteiger partial charge >= 0.3 is 14.8 Å². The third-order valence-corrected chi connectivity index (χ3v) is 6.98. The van der Waals surface area contributed by atoms with E-state index in [1.807, 2.05) is 27.7 Å². The van der Waals surface area contributed by atoms with E-state index in [0.29, 0.717) is 31.9 Å². The van der Waals surface area contributed by atoms with Crippen molar-refractivity contribution in [1.29, 1.82) is 0 Å². The Hall–Kier alpha value is 0.404. The van der Waals surface area contributed by atoms with Crippen molar-refractivity contribution in [3.05, 3.63) is 38.0 Å². The van der Waals surface area contributed by atoms with E-state index < -0.39 is 14.8 Å². The first-order valence-corrected chi connectivity index (χ1v) is 14.7. The first-order valence-electron chi connectivity index (χ1n) is 7.49. The van der Waals surface area contributed by atoms with Gasteiger partial charge in [0.1, 0.15) is 0 Å². The molecule has 0 spiro atoms. The van der Waals surface area contributed by atoms with Gasteiger partial charge in [-0.1, -0.05) is 18.2 Å². The molecule has 0 fully saturated rings. The molecule has 0 amide bonds. The topological polar surface area (TPSA) is 27.7 Å². The molecule has 0 radical (unpaired) electrons. The van der Waals surface area contributed by atoms with Gasteiger partial charge in [-0.15, -0.1) is 53.0 Å². The van der Waals surface area contributed by atoms with Crippen molar-refractivity contribution in [1.82, 2.24) is 0 Å². The Morgan fingerprint density at radius 2 is 1.09 bits per heavy atom. The van der Waals surface area contributed by atoms with Gasteiger partial charge in [0.05, 0.1) is 0 Å². The first-order chi connectivity index (χ1) is 10.7. The number of halogens is 3. The highest BCUT2D eigenvalue weighted by atomic mass is 35.8. The molecule has 0 N–H and O–H groups in total. The van der Waals surface area contributed by atoms with Crippen molar-refractivity contribution in [2.24, 2.45) is 0 Å². The molecule has 0 saturated carbocycles. The molecule has 23 heavy (non-hydrogen) atoms. The third kappa shape index (κ3) is 22.4. The van der Waals surface area contributed by atoms with E-state index in [1.165, 1.54) is 0 Å². The lowest BCUT2D eigenvalue weighted by Crippen LogP contribution is -2.45. The average molecular weight is 422 g/mol. The molecule has 0 bridgehead atoms. The highest BCUT2D eigenvalue weighted by Crippen LogP contribution is 2.24. The molecule has 0 aromatic heterocycles. The quantitative estimate of drug-likeness (QED) is 0.237. The summed E-state index contributed by atoms with van der Waals surface area (Å²) in [5.74, 6) is 0. The summed E-state index contributed by atoms with van der Waals surface area (Å²) in [6, 6.07) is -1.14. The maximum Gasteiger partial charge on any atom is 0.504 e. The van der Waals surface area contributed by atoms with Crippen LogP contribution in [0.15, 0.2) is 38.0 Å². The molecule has 0 aliphatic rings. The summed E-state index contributed by atoms with van der Waals surface area (Å²) in [7, 11) is -2.41. The highest BCUT2D eigenvalue weighted by Gasteiger charge is 2.38. The van der Waals surface area contributed by atoms with Crippen LogP contribution in [0.25, 0.3) is 0 Å². The van der Waals surface area contributed by atoms with Gasteiger partial charge in [0.2, 0.25) is 0 Å². The summed E-state index contributed by atoms with van der Waals surface area (Å²) in [6.07, 6.45) is 5.17. The smallest absolute Gasteiger partial charge is 0.374 e. The molecule has 138 valence electrons. The van der Waals surface area contributed by atoms with Crippen molar-refractivity contribution < 1.29 is 13.3 Å². The minimum absolute atomic E-state index is 0.539. The molecule has 0 aliphatic carbocycles. The van der Waals surface area contributed by atoms with Crippen LogP contribution in [0.1, 0.15) is 27.7 Å². The average Bonchev–Trinajstić information content (AvgIpc) is 2.40. The monoisotopic (exact) mass is 420 g/mol. The van der Waals surface area contributed by atoms with Crippen LogP contribution >= 0.6 is 33.2 Å². The van der Waals surface area contributed by atoms with Crippen LogP contribution < -0.4 is 0 Å². The third-order valence-electron chi connectivity index (χ3n) is 1.86. The van der Waals surface area contributed by atoms with Gasteiger partial charge in [-0.25, -0.2) is 0 Å². The molecule has 8 heteroatoms. The molecule has 0 aliphatic heterocycles. The highest BCUT2D eigenvalue weighted by molar-refractivity contribution is 7.64. The van der Waals surface area contributed by atoms with Crippen molar-refractivity contribution in [2.45, 2.75) is 39.8 Å². The van der Waals surface area contributed by atoms with Crippen LogP contribution in [0.4, 0.5) is 0 Å². The summed E-state index contributed by atoms with van der Waals surface area (Å²) in [5, 5.41) is 0. The lowest BCUT2D eigenvalue weighted by atomic mass is 10.8. The van der Waals surface area contributed by atoms with Crippen LogP contribution in [0.3, 0.4) is 0 Å². The number of hydrogen-bond donors (Lipinski definition) is 0. The molecule has 0 unspecified atom stereocenters. The second kappa shape index (κ2) is 18.7. The minimum atomic E-state index is -2.41. The zero-order valence-corrected chi connectivity index (χ0v) is 19.0. The molecule has 0 aromatic rings. The fourth-order valence-corrected chi connectivity index (χ4v) is 4.89. The standard InChI is InChI=1S/C9H20O3Si.C3H5Cl3Si.C3H6/c1-5-9-13(10-6-2,11-7-3)12-8-4;1-2-3-7(4,5)6;1-3-2/h5H,1,6-9H2,2-4H3;2H,1,3H2;3H,1H2,2H3. The SMILES string of the molecule is C=CC.C=CC[Si](Cl)(Cl)Cl.C=CC[Si](OCC)(OCC)OCC. The second-order valence-corrected chi connectivity index (χ2v) is 15.8. The van der Waals surface area contributed by atoms with E-state index >= 15 is 0 Å². The summed E-state index contributed by atoms with van der Waals surface area (Å²) < 4.78 is 16.7. The van der Waals surface area contributed by atoms with E-state index in [4.69, 9.17) is 46.5 Å². The van der Waals surface area contributed by atoms with Gasteiger partial charge in [0.15, 0.2) is 0 Å². The number of hydrogen-bond acceptors (Lipinski definition) is 3. The van der Waals surface area contributed by atoms with E-state index in [2.05, 4.69) is 19.7 Å². The van der Waals surface area contributed by atoms with Crippen LogP contribution in [0.2, 0.25) is 12.1 Å². The Morgan fingerprint density at radius 1 is 0.783 bits per heavy atom. The fraction of sp³-hybridized carbons (Fsp3) is 0.600. The first kappa shape index (κ1) is 28.2. The van der Waals surface area contributed by atoms with Crippen LogP contribution in [0.5, 0.6) is 0 Å². The van der Waals surface area contributed by atoms with Gasteiger partial charge in [-0.2, -0.15) is 0 Å². The lowest BCUT2D eigenvalue weighted by molar-refractivity contribution is 0.0743. The van der Waals surface area contributed by atoms with Crippen molar-refractivity contribution in [3.63, 3.8) is 0 Å². The minimum Gasteiger partial charge on any atom is -0.374 e. The Balaban J connectivity index is -0.000000335. The number of allylic oxidation sites excluding steroid dienone is 3. The Bertz CT molecular complexity index is 281. The largest absolute Gasteiger partial charge is 0.504 e. The zero-order chi connectivity index (χ0) is 18.8. The van der Waals surface area contributed by atoms with Crippen LogP contribution in [-0.2, 0) is 13.3 Å². The maximum absolute atomic E-state index is 5.57. The van der Waals surface area contributed by atoms with Crippen molar-refractivity contribution >= 4 is 48.0 Å². The van der Waals surface area contributed by atoms with Crippen molar-refractivity contribution in [2.75, 3.05) is 19.8 Å². The van der Waals surface area contributed by atoms with Crippen LogP contribution in [-0.4, -0.2) is 34.6 Å². The van der Waals surface area contributed by atoms with E-state index in [9.17, 15) is 0 Å². The normalized spacial score (nSPS) is 10.6. The summed E-state index contributed by atoms with van der Waals surface area (Å²) in [5.41, 5.74) is 0. The molecular formula is C15H31Cl3O3Si2. The van der Waals surface area contributed by atoms with Gasteiger partial charge in [-0.05, 0) is 27.7 Å². The second-order valence-electron chi connectivity index (χ2n) is 3.99. The van der Waals surface area contributed by atoms with Gasteiger partial charge in [0.25, 0.3) is 0 Å². The Kier molecular flexibility index (Phi) is 23.0. The van der Waals surface area contributed by atoms with Gasteiger partial charge < -0.3 is 13.3 Å². The Labute approximate surface area is 158 Å². The lowest BCUT2D eigenvalue weighted by Gasteiger charge is -2.27. The van der Waals surface area contributed by atoms with Gasteiger partial charge in [0, 0.05) is 31.9 Å². The van der Waals surface area contributed by atoms with Gasteiger partial charge in [-0.3, -0.25) is 0 Å². The number of rotatable bonds is 10. The molecule has 0 rings (SSSR count). The van der Waals surface area contributed by atoms with E-state index in [0.717, 1.165) is 0 Å². The van der Waals surface area contributed by atoms with Crippen molar-refractivity contribution in [3.8, 4) is 0 Å². The molecule has 0 aromatic carbocycles. The molecule has 0 atom stereocenters. The fourth-order valence-electron chi connectivity index (χ4n) is 1.30. The predicted molar refractivity (Wildman–Crippen MR) is 110 cm³/mol. The predicted octanol–water partition coefficient (Wildman–Crippen LogP) is 6.24. The zero-order valence-electron chi connectivity index (χ0n) is 14.7. The molecular weight excluding hydrogens is 391 g/mol. The molecule has 0 saturated heterocycles. The summed E-state index contributed by atoms with van der Waals surface area (Å²) >= 11 is 16.3. The Morgan fingerprint density at radius 3 is 1.22 bits per heavy atom. The van der Waals surface area contributed by atoms with Crippen LogP contribution in [0, 0.1) is 0 Å². The van der Waals surface area contributed by atoms with E-state index in [1.54, 1.807) is 18.2 Å². The molecule has 0 heterocycles. The summed E-state index contributed by atoms with van der Waals surface area (Å²) in [6.45, 7) is 20.1. The summed E-state index contributed by atoms with van der Waals surface area (Å²) in [4.78, 5) is 0. The van der Waals surface area contributed by atoms with E-state index in [-0.39, 0.29) is 0 Å². The maximum atomic E-state index is 5.57.